The third-order valence-electron chi connectivity index (χ3n) is 3.55. The fraction of sp³-hybridized carbons (Fsp3) is 0.500. The first-order valence-electron chi connectivity index (χ1n) is 6.11. The predicted octanol–water partition coefficient (Wildman–Crippen LogP) is 3.05. The standard InChI is InChI=1S/C14H17FN2S/c1-18-14(11-16)5-7-17(8-6-14)10-12-3-2-4-13(15)9-12/h2-4,9H,5-8,10H2,1H3. The van der Waals surface area contributed by atoms with Gasteiger partial charge >= 0.3 is 0 Å². The number of nitrogens with zero attached hydrogens (tertiary/aromatic N) is 2. The minimum atomic E-state index is -0.210. The van der Waals surface area contributed by atoms with E-state index >= 15 is 0 Å². The van der Waals surface area contributed by atoms with E-state index in [0.717, 1.165) is 38.0 Å². The molecule has 18 heavy (non-hydrogen) atoms. The van der Waals surface area contributed by atoms with Crippen molar-refractivity contribution in [1.82, 2.24) is 4.90 Å². The van der Waals surface area contributed by atoms with Gasteiger partial charge in [-0.1, -0.05) is 12.1 Å². The van der Waals surface area contributed by atoms with Crippen LogP contribution in [0.5, 0.6) is 0 Å². The smallest absolute Gasteiger partial charge is 0.123 e. The summed E-state index contributed by atoms with van der Waals surface area (Å²) in [6.45, 7) is 2.59. The summed E-state index contributed by atoms with van der Waals surface area (Å²) < 4.78 is 12.9. The molecule has 0 spiro atoms. The Balaban J connectivity index is 1.93. The van der Waals surface area contributed by atoms with Gasteiger partial charge in [0.25, 0.3) is 0 Å². The Hall–Kier alpha value is -1.05. The van der Waals surface area contributed by atoms with Gasteiger partial charge in [-0.2, -0.15) is 5.26 Å². The van der Waals surface area contributed by atoms with E-state index in [1.807, 2.05) is 12.3 Å². The molecule has 0 unspecified atom stereocenters. The molecular formula is C14H17FN2S. The van der Waals surface area contributed by atoms with Gasteiger partial charge in [0, 0.05) is 19.6 Å². The molecule has 1 fully saturated rings. The molecule has 2 nitrogen and oxygen atoms in total. The fourth-order valence-corrected chi connectivity index (χ4v) is 3.01. The van der Waals surface area contributed by atoms with Gasteiger partial charge in [0.15, 0.2) is 0 Å². The highest BCUT2D eigenvalue weighted by Gasteiger charge is 2.33. The van der Waals surface area contributed by atoms with Gasteiger partial charge in [0.1, 0.15) is 10.6 Å². The zero-order chi connectivity index (χ0) is 13.0. The summed E-state index contributed by atoms with van der Waals surface area (Å²) in [5, 5.41) is 9.21. The Bertz CT molecular complexity index is 447. The lowest BCUT2D eigenvalue weighted by atomic mass is 9.97. The van der Waals surface area contributed by atoms with Crippen molar-refractivity contribution in [3.63, 3.8) is 0 Å². The van der Waals surface area contributed by atoms with E-state index in [0.29, 0.717) is 0 Å². The highest BCUT2D eigenvalue weighted by molar-refractivity contribution is 8.00. The average molecular weight is 264 g/mol. The lowest BCUT2D eigenvalue weighted by Crippen LogP contribution is -2.41. The molecule has 1 heterocycles. The zero-order valence-electron chi connectivity index (χ0n) is 10.5. The summed E-state index contributed by atoms with van der Waals surface area (Å²) in [5.41, 5.74) is 1.00. The van der Waals surface area contributed by atoms with E-state index in [9.17, 15) is 9.65 Å². The number of hydrogen-bond acceptors (Lipinski definition) is 3. The van der Waals surface area contributed by atoms with Crippen molar-refractivity contribution in [2.75, 3.05) is 19.3 Å². The molecule has 0 atom stereocenters. The number of hydrogen-bond donors (Lipinski definition) is 0. The summed E-state index contributed by atoms with van der Waals surface area (Å²) in [4.78, 5) is 2.29. The van der Waals surface area contributed by atoms with Gasteiger partial charge in [-0.15, -0.1) is 11.8 Å². The van der Waals surface area contributed by atoms with Crippen LogP contribution in [0.2, 0.25) is 0 Å². The van der Waals surface area contributed by atoms with Crippen LogP contribution in [0.15, 0.2) is 24.3 Å². The van der Waals surface area contributed by atoms with Gasteiger partial charge in [-0.05, 0) is 36.8 Å². The maximum atomic E-state index is 13.1. The Morgan fingerprint density at radius 2 is 2.17 bits per heavy atom. The van der Waals surface area contributed by atoms with Crippen molar-refractivity contribution < 1.29 is 4.39 Å². The number of rotatable bonds is 3. The lowest BCUT2D eigenvalue weighted by molar-refractivity contribution is 0.209. The number of benzene rings is 1. The highest BCUT2D eigenvalue weighted by Crippen LogP contribution is 2.34. The molecule has 1 saturated heterocycles. The summed E-state index contributed by atoms with van der Waals surface area (Å²) in [6, 6.07) is 9.18. The minimum Gasteiger partial charge on any atom is -0.299 e. The van der Waals surface area contributed by atoms with E-state index < -0.39 is 0 Å². The number of halogens is 1. The molecule has 1 aliphatic heterocycles. The summed E-state index contributed by atoms with van der Waals surface area (Å²) >= 11 is 1.66. The van der Waals surface area contributed by atoms with Crippen molar-refractivity contribution >= 4 is 11.8 Å². The molecule has 2 rings (SSSR count). The van der Waals surface area contributed by atoms with Gasteiger partial charge in [-0.25, -0.2) is 4.39 Å². The van der Waals surface area contributed by atoms with E-state index in [1.165, 1.54) is 6.07 Å². The van der Waals surface area contributed by atoms with Gasteiger partial charge < -0.3 is 0 Å². The molecule has 0 aliphatic carbocycles. The minimum absolute atomic E-state index is 0.181. The first-order valence-corrected chi connectivity index (χ1v) is 7.33. The summed E-state index contributed by atoms with van der Waals surface area (Å²) in [7, 11) is 0. The molecule has 0 bridgehead atoms. The van der Waals surface area contributed by atoms with Gasteiger partial charge in [0.05, 0.1) is 6.07 Å². The monoisotopic (exact) mass is 264 g/mol. The topological polar surface area (TPSA) is 27.0 Å². The van der Waals surface area contributed by atoms with Crippen LogP contribution in [0.25, 0.3) is 0 Å². The second kappa shape index (κ2) is 5.73. The van der Waals surface area contributed by atoms with Crippen molar-refractivity contribution in [1.29, 1.82) is 5.26 Å². The quantitative estimate of drug-likeness (QED) is 0.839. The van der Waals surface area contributed by atoms with Crippen molar-refractivity contribution in [2.45, 2.75) is 24.1 Å². The first kappa shape index (κ1) is 13.4. The molecular weight excluding hydrogens is 247 g/mol. The van der Waals surface area contributed by atoms with Crippen LogP contribution < -0.4 is 0 Å². The average Bonchev–Trinajstić information content (AvgIpc) is 2.40. The van der Waals surface area contributed by atoms with Crippen LogP contribution >= 0.6 is 11.8 Å². The summed E-state index contributed by atoms with van der Waals surface area (Å²) in [5.74, 6) is -0.181. The second-order valence-electron chi connectivity index (χ2n) is 4.72. The number of piperidine rings is 1. The molecule has 0 N–H and O–H groups in total. The van der Waals surface area contributed by atoms with E-state index in [2.05, 4.69) is 11.0 Å². The normalized spacial score (nSPS) is 19.4. The van der Waals surface area contributed by atoms with Crippen molar-refractivity contribution in [3.8, 4) is 6.07 Å². The molecule has 96 valence electrons. The highest BCUT2D eigenvalue weighted by atomic mass is 32.2. The van der Waals surface area contributed by atoms with Crippen LogP contribution in [0, 0.1) is 17.1 Å². The molecule has 0 amide bonds. The third kappa shape index (κ3) is 3.04. The molecule has 0 radical (unpaired) electrons. The Kier molecular flexibility index (Phi) is 4.26. The Morgan fingerprint density at radius 3 is 2.72 bits per heavy atom. The predicted molar refractivity (Wildman–Crippen MR) is 72.8 cm³/mol. The number of likely N-dealkylation sites (tertiary alicyclic amines) is 1. The largest absolute Gasteiger partial charge is 0.299 e. The zero-order valence-corrected chi connectivity index (χ0v) is 11.3. The number of nitriles is 1. The third-order valence-corrected chi connectivity index (χ3v) is 4.83. The molecule has 0 saturated carbocycles. The van der Waals surface area contributed by atoms with Crippen molar-refractivity contribution in [3.05, 3.63) is 35.6 Å². The van der Waals surface area contributed by atoms with Crippen LogP contribution in [0.3, 0.4) is 0 Å². The summed E-state index contributed by atoms with van der Waals surface area (Å²) in [6.07, 6.45) is 3.78. The molecule has 1 aliphatic rings. The van der Waals surface area contributed by atoms with E-state index in [4.69, 9.17) is 0 Å². The number of thioether (sulfide) groups is 1. The van der Waals surface area contributed by atoms with Gasteiger partial charge in [-0.3, -0.25) is 4.90 Å². The molecule has 1 aromatic carbocycles. The van der Waals surface area contributed by atoms with Crippen molar-refractivity contribution in [2.24, 2.45) is 0 Å². The van der Waals surface area contributed by atoms with Crippen LogP contribution in [-0.4, -0.2) is 29.0 Å². The van der Waals surface area contributed by atoms with Crippen LogP contribution in [0.1, 0.15) is 18.4 Å². The maximum absolute atomic E-state index is 13.1. The molecule has 0 aromatic heterocycles. The molecule has 1 aromatic rings. The SMILES string of the molecule is CSC1(C#N)CCN(Cc2cccc(F)c2)CC1. The van der Waals surface area contributed by atoms with Crippen LogP contribution in [-0.2, 0) is 6.54 Å². The molecule has 4 heteroatoms. The lowest BCUT2D eigenvalue weighted by Gasteiger charge is -2.36. The first-order chi connectivity index (χ1) is 8.67. The van der Waals surface area contributed by atoms with Gasteiger partial charge in [0.2, 0.25) is 0 Å². The van der Waals surface area contributed by atoms with Crippen LogP contribution in [0.4, 0.5) is 4.39 Å². The Morgan fingerprint density at radius 1 is 1.44 bits per heavy atom. The Labute approximate surface area is 112 Å². The van der Waals surface area contributed by atoms with E-state index in [1.54, 1.807) is 23.9 Å². The fourth-order valence-electron chi connectivity index (χ4n) is 2.33. The second-order valence-corrected chi connectivity index (χ2v) is 5.91. The maximum Gasteiger partial charge on any atom is 0.123 e. The van der Waals surface area contributed by atoms with E-state index in [-0.39, 0.29) is 10.6 Å².